The highest BCUT2D eigenvalue weighted by molar-refractivity contribution is 5.82. The van der Waals surface area contributed by atoms with Crippen LogP contribution in [0.3, 0.4) is 0 Å². The number of pyridine rings is 1. The lowest BCUT2D eigenvalue weighted by Crippen LogP contribution is -2.44. The first-order valence-corrected chi connectivity index (χ1v) is 8.62. The number of imidazole rings is 1. The zero-order chi connectivity index (χ0) is 19.0. The lowest BCUT2D eigenvalue weighted by atomic mass is 10.2. The van der Waals surface area contributed by atoms with Crippen molar-refractivity contribution in [3.05, 3.63) is 42.1 Å². The van der Waals surface area contributed by atoms with Crippen molar-refractivity contribution in [3.8, 4) is 0 Å². The van der Waals surface area contributed by atoms with Crippen LogP contribution >= 0.6 is 0 Å². The van der Waals surface area contributed by atoms with Gasteiger partial charge in [-0.1, -0.05) is 0 Å². The number of hydrogen-bond donors (Lipinski definition) is 2. The summed E-state index contributed by atoms with van der Waals surface area (Å²) >= 11 is 0. The second-order valence-electron chi connectivity index (χ2n) is 6.63. The fourth-order valence-corrected chi connectivity index (χ4v) is 3.07. The lowest BCUT2D eigenvalue weighted by Gasteiger charge is -2.34. The maximum absolute atomic E-state index is 12.6. The molecule has 2 aromatic heterocycles. The first-order valence-electron chi connectivity index (χ1n) is 8.62. The molecule has 1 fully saturated rings. The van der Waals surface area contributed by atoms with Crippen LogP contribution in [0.15, 0.2) is 36.5 Å². The van der Waals surface area contributed by atoms with Crippen molar-refractivity contribution in [1.29, 1.82) is 0 Å². The van der Waals surface area contributed by atoms with Crippen molar-refractivity contribution >= 4 is 28.5 Å². The van der Waals surface area contributed by atoms with E-state index in [9.17, 15) is 13.2 Å². The number of piperazine rings is 1. The van der Waals surface area contributed by atoms with Gasteiger partial charge in [-0.15, -0.1) is 0 Å². The van der Waals surface area contributed by atoms with Crippen LogP contribution in [0.4, 0.5) is 30.6 Å². The summed E-state index contributed by atoms with van der Waals surface area (Å²) in [5, 5.41) is 2.91. The number of rotatable bonds is 3. The Hall–Kier alpha value is -2.81. The van der Waals surface area contributed by atoms with Gasteiger partial charge in [-0.2, -0.15) is 13.2 Å². The summed E-state index contributed by atoms with van der Waals surface area (Å²) in [7, 11) is 2.11. The quantitative estimate of drug-likeness (QED) is 0.733. The first-order chi connectivity index (χ1) is 12.9. The highest BCUT2D eigenvalue weighted by atomic mass is 19.4. The molecule has 0 radical (unpaired) electrons. The minimum absolute atomic E-state index is 0.293. The number of hydrogen-bond acceptors (Lipinski definition) is 5. The van der Waals surface area contributed by atoms with Crippen LogP contribution in [0.1, 0.15) is 5.56 Å². The zero-order valence-electron chi connectivity index (χ0n) is 14.7. The number of H-pyrrole nitrogens is 1. The molecule has 6 nitrogen and oxygen atoms in total. The second-order valence-corrected chi connectivity index (χ2v) is 6.63. The topological polar surface area (TPSA) is 60.1 Å². The zero-order valence-corrected chi connectivity index (χ0v) is 14.7. The largest absolute Gasteiger partial charge is 0.417 e. The highest BCUT2D eigenvalue weighted by Gasteiger charge is 2.30. The van der Waals surface area contributed by atoms with Gasteiger partial charge in [0.05, 0.1) is 16.6 Å². The Balaban J connectivity index is 1.51. The molecule has 0 amide bonds. The molecule has 1 aliphatic heterocycles. The molecule has 1 saturated heterocycles. The van der Waals surface area contributed by atoms with Crippen LogP contribution in [-0.2, 0) is 6.18 Å². The minimum Gasteiger partial charge on any atom is -0.369 e. The lowest BCUT2D eigenvalue weighted by molar-refractivity contribution is -0.137. The monoisotopic (exact) mass is 376 g/mol. The van der Waals surface area contributed by atoms with E-state index in [1.54, 1.807) is 0 Å². The molecule has 3 heterocycles. The first kappa shape index (κ1) is 17.6. The Labute approximate surface area is 154 Å². The molecule has 2 N–H and O–H groups in total. The second kappa shape index (κ2) is 6.73. The predicted octanol–water partition coefficient (Wildman–Crippen LogP) is 3.47. The SMILES string of the molecule is CN1CCN(c2ccc3nc(Nc4ccc(C(F)(F)F)cn4)[nH]c3c2)CC1. The molecule has 1 aliphatic rings. The summed E-state index contributed by atoms with van der Waals surface area (Å²) in [6.07, 6.45) is -3.60. The summed E-state index contributed by atoms with van der Waals surface area (Å²) < 4.78 is 37.8. The molecule has 9 heteroatoms. The highest BCUT2D eigenvalue weighted by Crippen LogP contribution is 2.29. The van der Waals surface area contributed by atoms with E-state index in [-0.39, 0.29) is 0 Å². The smallest absolute Gasteiger partial charge is 0.369 e. The summed E-state index contributed by atoms with van der Waals surface area (Å²) in [5.41, 5.74) is 1.98. The van der Waals surface area contributed by atoms with Gasteiger partial charge in [-0.25, -0.2) is 9.97 Å². The predicted molar refractivity (Wildman–Crippen MR) is 98.3 cm³/mol. The molecule has 4 rings (SSSR count). The van der Waals surface area contributed by atoms with Crippen molar-refractivity contribution in [1.82, 2.24) is 19.9 Å². The number of aromatic amines is 1. The maximum atomic E-state index is 12.6. The molecule has 3 aromatic rings. The van der Waals surface area contributed by atoms with Crippen molar-refractivity contribution < 1.29 is 13.2 Å². The van der Waals surface area contributed by atoms with Crippen LogP contribution in [0.25, 0.3) is 11.0 Å². The van der Waals surface area contributed by atoms with Crippen molar-refractivity contribution in [2.24, 2.45) is 0 Å². The number of nitrogens with one attached hydrogen (secondary N) is 2. The fraction of sp³-hybridized carbons (Fsp3) is 0.333. The third kappa shape index (κ3) is 3.82. The van der Waals surface area contributed by atoms with Crippen molar-refractivity contribution in [2.45, 2.75) is 6.18 Å². The number of likely N-dealkylation sites (N-methyl/N-ethyl adjacent to an activating group) is 1. The van der Waals surface area contributed by atoms with Gasteiger partial charge < -0.3 is 20.1 Å². The summed E-state index contributed by atoms with van der Waals surface area (Å²) in [5.74, 6) is 0.731. The summed E-state index contributed by atoms with van der Waals surface area (Å²) in [6.45, 7) is 3.98. The van der Waals surface area contributed by atoms with E-state index in [0.717, 1.165) is 55.2 Å². The van der Waals surface area contributed by atoms with Gasteiger partial charge in [-0.05, 0) is 37.4 Å². The molecular weight excluding hydrogens is 357 g/mol. The van der Waals surface area contributed by atoms with Crippen LogP contribution < -0.4 is 10.2 Å². The van der Waals surface area contributed by atoms with Gasteiger partial charge in [0, 0.05) is 38.1 Å². The molecule has 0 aliphatic carbocycles. The number of benzene rings is 1. The van der Waals surface area contributed by atoms with Crippen LogP contribution in [-0.4, -0.2) is 53.1 Å². The maximum Gasteiger partial charge on any atom is 0.417 e. The number of halogens is 3. The Bertz CT molecular complexity index is 926. The Morgan fingerprint density at radius 3 is 2.52 bits per heavy atom. The van der Waals surface area contributed by atoms with E-state index >= 15 is 0 Å². The number of alkyl halides is 3. The molecule has 0 bridgehead atoms. The van der Waals surface area contributed by atoms with Crippen molar-refractivity contribution in [3.63, 3.8) is 0 Å². The van der Waals surface area contributed by atoms with Crippen LogP contribution in [0, 0.1) is 0 Å². The van der Waals surface area contributed by atoms with Crippen LogP contribution in [0.5, 0.6) is 0 Å². The molecule has 0 unspecified atom stereocenters. The number of anilines is 3. The molecule has 0 spiro atoms. The Morgan fingerprint density at radius 1 is 1.07 bits per heavy atom. The van der Waals surface area contributed by atoms with Gasteiger partial charge in [0.15, 0.2) is 0 Å². The number of nitrogens with zero attached hydrogens (tertiary/aromatic N) is 4. The Morgan fingerprint density at radius 2 is 1.85 bits per heavy atom. The van der Waals surface area contributed by atoms with E-state index in [1.165, 1.54) is 6.07 Å². The van der Waals surface area contributed by atoms with E-state index in [4.69, 9.17) is 0 Å². The molecule has 27 heavy (non-hydrogen) atoms. The standard InChI is InChI=1S/C18H19F3N6/c1-26-6-8-27(9-7-26)13-3-4-14-15(10-13)24-17(23-14)25-16-5-2-12(11-22-16)18(19,20)21/h2-5,10-11H,6-9H2,1H3,(H2,22,23,24,25). The Kier molecular flexibility index (Phi) is 4.39. The van der Waals surface area contributed by atoms with Gasteiger partial charge >= 0.3 is 6.18 Å². The minimum atomic E-state index is -4.40. The average molecular weight is 376 g/mol. The number of fused-ring (bicyclic) bond motifs is 1. The fourth-order valence-electron chi connectivity index (χ4n) is 3.07. The number of aromatic nitrogens is 3. The van der Waals surface area contributed by atoms with E-state index < -0.39 is 11.7 Å². The molecule has 1 aromatic carbocycles. The normalized spacial score (nSPS) is 16.1. The van der Waals surface area contributed by atoms with Gasteiger partial charge in [0.25, 0.3) is 0 Å². The summed E-state index contributed by atoms with van der Waals surface area (Å²) in [6, 6.07) is 8.29. The van der Waals surface area contributed by atoms with E-state index in [0.29, 0.717) is 11.8 Å². The molecule has 0 atom stereocenters. The van der Waals surface area contributed by atoms with Crippen LogP contribution in [0.2, 0.25) is 0 Å². The van der Waals surface area contributed by atoms with Crippen molar-refractivity contribution in [2.75, 3.05) is 43.4 Å². The molecule has 0 saturated carbocycles. The van der Waals surface area contributed by atoms with Gasteiger partial charge in [0.1, 0.15) is 5.82 Å². The average Bonchev–Trinajstić information content (AvgIpc) is 3.03. The third-order valence-electron chi connectivity index (χ3n) is 4.67. The summed E-state index contributed by atoms with van der Waals surface area (Å²) in [4.78, 5) is 16.0. The molecule has 142 valence electrons. The van der Waals surface area contributed by atoms with Gasteiger partial charge in [-0.3, -0.25) is 0 Å². The van der Waals surface area contributed by atoms with Gasteiger partial charge in [0.2, 0.25) is 5.95 Å². The third-order valence-corrected chi connectivity index (χ3v) is 4.67. The molecular formula is C18H19F3N6. The van der Waals surface area contributed by atoms with E-state index in [2.05, 4.69) is 37.1 Å². The van der Waals surface area contributed by atoms with E-state index in [1.807, 2.05) is 18.2 Å².